The highest BCUT2D eigenvalue weighted by atomic mass is 32.2. The molecular formula is C22H28N2O2S. The first-order chi connectivity index (χ1) is 13.1. The van der Waals surface area contributed by atoms with Gasteiger partial charge in [-0.25, -0.2) is 0 Å². The summed E-state index contributed by atoms with van der Waals surface area (Å²) >= 11 is 1.73. The molecule has 5 heteroatoms. The molecule has 3 rings (SSSR count). The number of nitrogens with zero attached hydrogens (tertiary/aromatic N) is 1. The van der Waals surface area contributed by atoms with Crippen molar-refractivity contribution in [2.75, 3.05) is 37.0 Å². The van der Waals surface area contributed by atoms with Gasteiger partial charge in [-0.15, -0.1) is 11.8 Å². The number of carbonyl (C=O) groups is 1. The van der Waals surface area contributed by atoms with Gasteiger partial charge in [0, 0.05) is 42.4 Å². The average molecular weight is 385 g/mol. The van der Waals surface area contributed by atoms with Gasteiger partial charge in [-0.1, -0.05) is 18.2 Å². The Morgan fingerprint density at radius 2 is 1.81 bits per heavy atom. The van der Waals surface area contributed by atoms with Crippen LogP contribution >= 0.6 is 11.8 Å². The Bertz CT molecular complexity index is 755. The van der Waals surface area contributed by atoms with Gasteiger partial charge in [0.1, 0.15) is 0 Å². The molecule has 4 nitrogen and oxygen atoms in total. The lowest BCUT2D eigenvalue weighted by Gasteiger charge is -2.28. The minimum absolute atomic E-state index is 0.101. The first kappa shape index (κ1) is 19.8. The van der Waals surface area contributed by atoms with Gasteiger partial charge < -0.3 is 15.0 Å². The molecule has 0 atom stereocenters. The van der Waals surface area contributed by atoms with Crippen molar-refractivity contribution < 1.29 is 9.53 Å². The first-order valence-electron chi connectivity index (χ1n) is 9.50. The Labute approximate surface area is 166 Å². The van der Waals surface area contributed by atoms with Crippen LogP contribution < -0.4 is 10.2 Å². The molecule has 0 aliphatic carbocycles. The third kappa shape index (κ3) is 6.01. The van der Waals surface area contributed by atoms with E-state index >= 15 is 0 Å². The molecule has 0 saturated carbocycles. The number of hydrogen-bond donors (Lipinski definition) is 1. The molecule has 0 unspecified atom stereocenters. The topological polar surface area (TPSA) is 41.6 Å². The van der Waals surface area contributed by atoms with Crippen molar-refractivity contribution in [3.05, 3.63) is 59.2 Å². The number of thioether (sulfide) groups is 1. The van der Waals surface area contributed by atoms with Crippen LogP contribution in [0, 0.1) is 13.8 Å². The second-order valence-electron chi connectivity index (χ2n) is 6.89. The number of anilines is 1. The monoisotopic (exact) mass is 384 g/mol. The Kier molecular flexibility index (Phi) is 7.18. The van der Waals surface area contributed by atoms with Crippen LogP contribution in [0.3, 0.4) is 0 Å². The lowest BCUT2D eigenvalue weighted by molar-refractivity contribution is -0.120. The molecule has 144 valence electrons. The summed E-state index contributed by atoms with van der Waals surface area (Å²) in [6.45, 7) is 8.27. The van der Waals surface area contributed by atoms with Crippen molar-refractivity contribution in [2.45, 2.75) is 31.7 Å². The molecule has 0 spiro atoms. The highest BCUT2D eigenvalue weighted by molar-refractivity contribution is 7.99. The fourth-order valence-electron chi connectivity index (χ4n) is 3.00. The molecule has 27 heavy (non-hydrogen) atoms. The number of carbonyl (C=O) groups excluding carboxylic acids is 1. The summed E-state index contributed by atoms with van der Waals surface area (Å²) in [5.74, 6) is 0.896. The number of hydrogen-bond acceptors (Lipinski definition) is 4. The summed E-state index contributed by atoms with van der Waals surface area (Å²) in [5.41, 5.74) is 4.95. The normalized spacial score (nSPS) is 14.2. The molecule has 2 aromatic rings. The number of aryl methyl sites for hydroxylation is 2. The van der Waals surface area contributed by atoms with E-state index in [1.54, 1.807) is 11.8 Å². The van der Waals surface area contributed by atoms with Crippen LogP contribution in [0.2, 0.25) is 0 Å². The number of amides is 1. The number of ether oxygens (including phenoxy) is 1. The molecule has 0 radical (unpaired) electrons. The molecule has 1 aliphatic heterocycles. The lowest BCUT2D eigenvalue weighted by Crippen LogP contribution is -2.36. The predicted molar refractivity (Wildman–Crippen MR) is 113 cm³/mol. The number of rotatable bonds is 7. The Balaban J connectivity index is 1.39. The minimum atomic E-state index is 0.101. The van der Waals surface area contributed by atoms with Crippen LogP contribution in [0.5, 0.6) is 0 Å². The van der Waals surface area contributed by atoms with Crippen LogP contribution in [-0.2, 0) is 16.1 Å². The molecule has 2 aromatic carbocycles. The molecular weight excluding hydrogens is 356 g/mol. The minimum Gasteiger partial charge on any atom is -0.378 e. The predicted octanol–water partition coefficient (Wildman–Crippen LogP) is 3.94. The van der Waals surface area contributed by atoms with Gasteiger partial charge in [-0.2, -0.15) is 0 Å². The number of nitrogens with one attached hydrogen (secondary N) is 1. The van der Waals surface area contributed by atoms with E-state index < -0.39 is 0 Å². The molecule has 0 bridgehead atoms. The maximum absolute atomic E-state index is 12.1. The maximum Gasteiger partial charge on any atom is 0.221 e. The third-order valence-corrected chi connectivity index (χ3v) is 5.87. The van der Waals surface area contributed by atoms with Gasteiger partial charge in [0.15, 0.2) is 0 Å². The molecule has 1 saturated heterocycles. The molecule has 1 N–H and O–H groups in total. The molecule has 1 fully saturated rings. The van der Waals surface area contributed by atoms with Gasteiger partial charge in [0.25, 0.3) is 0 Å². The van der Waals surface area contributed by atoms with Gasteiger partial charge in [0.05, 0.1) is 13.2 Å². The van der Waals surface area contributed by atoms with Crippen LogP contribution in [-0.4, -0.2) is 38.0 Å². The van der Waals surface area contributed by atoms with Crippen LogP contribution in [0.15, 0.2) is 47.4 Å². The summed E-state index contributed by atoms with van der Waals surface area (Å²) < 4.78 is 5.39. The Morgan fingerprint density at radius 1 is 1.07 bits per heavy atom. The van der Waals surface area contributed by atoms with Gasteiger partial charge >= 0.3 is 0 Å². The second kappa shape index (κ2) is 9.81. The quantitative estimate of drug-likeness (QED) is 0.734. The Hall–Kier alpha value is -1.98. The van der Waals surface area contributed by atoms with Crippen molar-refractivity contribution >= 4 is 23.4 Å². The zero-order chi connectivity index (χ0) is 19.1. The van der Waals surface area contributed by atoms with E-state index in [9.17, 15) is 4.79 Å². The van der Waals surface area contributed by atoms with Crippen LogP contribution in [0.1, 0.15) is 23.1 Å². The largest absolute Gasteiger partial charge is 0.378 e. The maximum atomic E-state index is 12.1. The molecule has 1 amide bonds. The van der Waals surface area contributed by atoms with E-state index in [1.807, 2.05) is 0 Å². The highest BCUT2D eigenvalue weighted by Crippen LogP contribution is 2.21. The zero-order valence-electron chi connectivity index (χ0n) is 16.2. The van der Waals surface area contributed by atoms with Gasteiger partial charge in [0.2, 0.25) is 5.91 Å². The standard InChI is InChI=1S/C22H28N2O2S/c1-17-3-8-21(15-18(17)2)27-14-9-22(25)23-16-19-4-6-20(7-5-19)24-10-12-26-13-11-24/h3-8,15H,9-14,16H2,1-2H3,(H,23,25). The van der Waals surface area contributed by atoms with E-state index in [0.717, 1.165) is 37.6 Å². The van der Waals surface area contributed by atoms with Crippen LogP contribution in [0.4, 0.5) is 5.69 Å². The van der Waals surface area contributed by atoms with Crippen molar-refractivity contribution in [2.24, 2.45) is 0 Å². The highest BCUT2D eigenvalue weighted by Gasteiger charge is 2.11. The summed E-state index contributed by atoms with van der Waals surface area (Å²) in [5, 5.41) is 3.02. The second-order valence-corrected chi connectivity index (χ2v) is 8.06. The van der Waals surface area contributed by atoms with Crippen LogP contribution in [0.25, 0.3) is 0 Å². The number of benzene rings is 2. The summed E-state index contributed by atoms with van der Waals surface area (Å²) in [7, 11) is 0. The van der Waals surface area contributed by atoms with E-state index in [-0.39, 0.29) is 5.91 Å². The van der Waals surface area contributed by atoms with E-state index in [1.165, 1.54) is 21.7 Å². The molecule has 1 heterocycles. The summed E-state index contributed by atoms with van der Waals surface area (Å²) in [6, 6.07) is 14.9. The average Bonchev–Trinajstić information content (AvgIpc) is 2.70. The Morgan fingerprint density at radius 3 is 2.52 bits per heavy atom. The summed E-state index contributed by atoms with van der Waals surface area (Å²) in [6.07, 6.45) is 0.531. The van der Waals surface area contributed by atoms with Gasteiger partial charge in [-0.05, 0) is 54.8 Å². The number of morpholine rings is 1. The van der Waals surface area contributed by atoms with Crippen molar-refractivity contribution in [3.63, 3.8) is 0 Å². The lowest BCUT2D eigenvalue weighted by atomic mass is 10.1. The smallest absolute Gasteiger partial charge is 0.221 e. The van der Waals surface area contributed by atoms with Crippen molar-refractivity contribution in [1.82, 2.24) is 5.32 Å². The summed E-state index contributed by atoms with van der Waals surface area (Å²) in [4.78, 5) is 15.7. The van der Waals surface area contributed by atoms with E-state index in [0.29, 0.717) is 13.0 Å². The van der Waals surface area contributed by atoms with E-state index in [4.69, 9.17) is 4.74 Å². The fraction of sp³-hybridized carbons (Fsp3) is 0.409. The third-order valence-electron chi connectivity index (χ3n) is 4.88. The van der Waals surface area contributed by atoms with Gasteiger partial charge in [-0.3, -0.25) is 4.79 Å². The van der Waals surface area contributed by atoms with E-state index in [2.05, 4.69) is 66.5 Å². The fourth-order valence-corrected chi connectivity index (χ4v) is 3.95. The molecule has 0 aromatic heterocycles. The SMILES string of the molecule is Cc1ccc(SCCC(=O)NCc2ccc(N3CCOCC3)cc2)cc1C. The first-order valence-corrected chi connectivity index (χ1v) is 10.5. The van der Waals surface area contributed by atoms with Crippen molar-refractivity contribution in [1.29, 1.82) is 0 Å². The zero-order valence-corrected chi connectivity index (χ0v) is 17.0. The molecule has 1 aliphatic rings. The van der Waals surface area contributed by atoms with Crippen molar-refractivity contribution in [3.8, 4) is 0 Å².